The van der Waals surface area contributed by atoms with Crippen LogP contribution in [0.5, 0.6) is 5.75 Å². The molecule has 0 radical (unpaired) electrons. The quantitative estimate of drug-likeness (QED) is 0.405. The monoisotopic (exact) mass is 359 g/mol. The second-order valence-corrected chi connectivity index (χ2v) is 6.62. The van der Waals surface area contributed by atoms with Crippen LogP contribution in [-0.2, 0) is 0 Å². The predicted molar refractivity (Wildman–Crippen MR) is 96.8 cm³/mol. The molecule has 0 spiro atoms. The molecule has 25 heavy (non-hydrogen) atoms. The Kier molecular flexibility index (Phi) is 10.6. The Morgan fingerprint density at radius 1 is 0.840 bits per heavy atom. The maximum absolute atomic E-state index is 12.5. The first-order valence-electron chi connectivity index (χ1n) is 9.50. The number of hydrogen-bond donors (Lipinski definition) is 1. The molecular weight excluding hydrogens is 327 g/mol. The number of halogens is 3. The Morgan fingerprint density at radius 2 is 1.32 bits per heavy atom. The van der Waals surface area contributed by atoms with E-state index in [1.807, 2.05) is 0 Å². The number of rotatable bonds is 13. The van der Waals surface area contributed by atoms with Crippen molar-refractivity contribution in [1.82, 2.24) is 0 Å². The van der Waals surface area contributed by atoms with Crippen molar-refractivity contribution in [1.29, 1.82) is 0 Å². The lowest BCUT2D eigenvalue weighted by molar-refractivity contribution is -0.149. The van der Waals surface area contributed by atoms with E-state index in [1.165, 1.54) is 63.5 Å². The molecule has 0 aromatic heterocycles. The van der Waals surface area contributed by atoms with Gasteiger partial charge in [0.05, 0.1) is 6.61 Å². The fraction of sp³-hybridized carbons (Fsp3) is 0.700. The average Bonchev–Trinajstić information content (AvgIpc) is 2.59. The third-order valence-corrected chi connectivity index (χ3v) is 4.36. The van der Waals surface area contributed by atoms with Crippen molar-refractivity contribution in [3.8, 4) is 5.75 Å². The van der Waals surface area contributed by atoms with Gasteiger partial charge in [-0.1, -0.05) is 76.8 Å². The molecule has 0 bridgehead atoms. The van der Waals surface area contributed by atoms with Crippen molar-refractivity contribution >= 4 is 0 Å². The van der Waals surface area contributed by atoms with E-state index >= 15 is 0 Å². The summed E-state index contributed by atoms with van der Waals surface area (Å²) < 4.78 is 43.2. The maximum atomic E-state index is 12.5. The molecule has 2 nitrogen and oxygen atoms in total. The van der Waals surface area contributed by atoms with Crippen LogP contribution in [0.3, 0.4) is 0 Å². The smallest absolute Gasteiger partial charge is 0.407 e. The van der Waals surface area contributed by atoms with Gasteiger partial charge in [-0.05, 0) is 24.1 Å². The first kappa shape index (κ1) is 21.8. The highest BCUT2D eigenvalue weighted by atomic mass is 19.4. The van der Waals surface area contributed by atoms with Crippen molar-refractivity contribution in [2.45, 2.75) is 83.4 Å². The van der Waals surface area contributed by atoms with E-state index in [1.54, 1.807) is 12.1 Å². The van der Waals surface area contributed by atoms with Crippen LogP contribution in [0.1, 0.15) is 82.7 Å². The predicted octanol–water partition coefficient (Wildman–Crippen LogP) is 6.55. The zero-order chi connectivity index (χ0) is 18.5. The summed E-state index contributed by atoms with van der Waals surface area (Å²) in [5.74, 6) is 0.592. The summed E-state index contributed by atoms with van der Waals surface area (Å²) in [7, 11) is 0. The van der Waals surface area contributed by atoms with Gasteiger partial charge in [-0.2, -0.15) is 13.2 Å². The summed E-state index contributed by atoms with van der Waals surface area (Å²) in [4.78, 5) is 0. The maximum Gasteiger partial charge on any atom is 0.407 e. The van der Waals surface area contributed by atoms with E-state index < -0.39 is 12.2 Å². The molecule has 0 saturated carbocycles. The highest BCUT2D eigenvalue weighted by Gasteiger charge is 2.37. The summed E-state index contributed by atoms with van der Waals surface area (Å²) in [6.07, 6.45) is 8.17. The fourth-order valence-corrected chi connectivity index (χ4v) is 2.74. The number of benzene rings is 1. The van der Waals surface area contributed by atoms with Crippen LogP contribution in [0.25, 0.3) is 0 Å². The van der Waals surface area contributed by atoms with Gasteiger partial charge < -0.3 is 10.5 Å². The van der Waals surface area contributed by atoms with Gasteiger partial charge in [-0.3, -0.25) is 0 Å². The van der Waals surface area contributed by atoms with Crippen LogP contribution < -0.4 is 10.5 Å². The SMILES string of the molecule is CCCCCCCCCCCCOc1ccc([C@@H](N)C(F)(F)F)cc1. The van der Waals surface area contributed by atoms with Crippen molar-refractivity contribution in [2.24, 2.45) is 5.73 Å². The zero-order valence-electron chi connectivity index (χ0n) is 15.3. The largest absolute Gasteiger partial charge is 0.494 e. The minimum atomic E-state index is -4.42. The molecule has 2 N–H and O–H groups in total. The van der Waals surface area contributed by atoms with Gasteiger partial charge in [0.15, 0.2) is 0 Å². The molecule has 1 aromatic rings. The third-order valence-electron chi connectivity index (χ3n) is 4.36. The third kappa shape index (κ3) is 9.73. The van der Waals surface area contributed by atoms with Gasteiger partial charge in [0.2, 0.25) is 0 Å². The second kappa shape index (κ2) is 12.2. The number of alkyl halides is 3. The Balaban J connectivity index is 2.07. The lowest BCUT2D eigenvalue weighted by atomic mass is 10.1. The van der Waals surface area contributed by atoms with Gasteiger partial charge in [0, 0.05) is 0 Å². The van der Waals surface area contributed by atoms with Gasteiger partial charge in [0.1, 0.15) is 11.8 Å². The lowest BCUT2D eigenvalue weighted by Gasteiger charge is -2.16. The molecule has 0 amide bonds. The summed E-state index contributed by atoms with van der Waals surface area (Å²) in [6, 6.07) is 3.93. The number of unbranched alkanes of at least 4 members (excludes halogenated alkanes) is 9. The van der Waals surface area contributed by atoms with Gasteiger partial charge in [-0.25, -0.2) is 0 Å². The molecule has 1 atom stereocenters. The highest BCUT2D eigenvalue weighted by molar-refractivity contribution is 5.29. The molecule has 0 fully saturated rings. The second-order valence-electron chi connectivity index (χ2n) is 6.62. The van der Waals surface area contributed by atoms with E-state index in [4.69, 9.17) is 10.5 Å². The molecule has 144 valence electrons. The van der Waals surface area contributed by atoms with Crippen molar-refractivity contribution in [2.75, 3.05) is 6.61 Å². The molecule has 0 unspecified atom stereocenters. The summed E-state index contributed by atoms with van der Waals surface area (Å²) in [6.45, 7) is 2.83. The van der Waals surface area contributed by atoms with E-state index in [0.29, 0.717) is 12.4 Å². The average molecular weight is 359 g/mol. The summed E-state index contributed by atoms with van der Waals surface area (Å²) in [5.41, 5.74) is 5.22. The van der Waals surface area contributed by atoms with Crippen LogP contribution in [0, 0.1) is 0 Å². The number of nitrogens with two attached hydrogens (primary N) is 1. The van der Waals surface area contributed by atoms with Crippen molar-refractivity contribution in [3.63, 3.8) is 0 Å². The molecule has 0 aliphatic rings. The fourth-order valence-electron chi connectivity index (χ4n) is 2.74. The molecular formula is C20H32F3NO. The summed E-state index contributed by atoms with van der Waals surface area (Å²) >= 11 is 0. The lowest BCUT2D eigenvalue weighted by Crippen LogP contribution is -2.28. The van der Waals surface area contributed by atoms with E-state index in [9.17, 15) is 13.2 Å². The van der Waals surface area contributed by atoms with Gasteiger partial charge in [-0.15, -0.1) is 0 Å². The van der Waals surface area contributed by atoms with E-state index in [0.717, 1.165) is 12.8 Å². The van der Waals surface area contributed by atoms with Gasteiger partial charge >= 0.3 is 6.18 Å². The van der Waals surface area contributed by atoms with E-state index in [-0.39, 0.29) is 5.56 Å². The molecule has 1 aromatic carbocycles. The van der Waals surface area contributed by atoms with Crippen LogP contribution >= 0.6 is 0 Å². The minimum Gasteiger partial charge on any atom is -0.494 e. The first-order valence-corrected chi connectivity index (χ1v) is 9.50. The first-order chi connectivity index (χ1) is 11.9. The Bertz CT molecular complexity index is 445. The minimum absolute atomic E-state index is 0.0544. The van der Waals surface area contributed by atoms with E-state index in [2.05, 4.69) is 6.92 Å². The Morgan fingerprint density at radius 3 is 1.80 bits per heavy atom. The summed E-state index contributed by atoms with van der Waals surface area (Å²) in [5, 5.41) is 0. The van der Waals surface area contributed by atoms with Crippen LogP contribution in [0.2, 0.25) is 0 Å². The Hall–Kier alpha value is -1.23. The molecule has 0 aliphatic heterocycles. The molecule has 5 heteroatoms. The number of ether oxygens (including phenoxy) is 1. The normalized spacial score (nSPS) is 13.0. The van der Waals surface area contributed by atoms with Crippen LogP contribution in [0.4, 0.5) is 13.2 Å². The van der Waals surface area contributed by atoms with Crippen LogP contribution in [-0.4, -0.2) is 12.8 Å². The van der Waals surface area contributed by atoms with Gasteiger partial charge in [0.25, 0.3) is 0 Å². The molecule has 0 heterocycles. The highest BCUT2D eigenvalue weighted by Crippen LogP contribution is 2.31. The number of hydrogen-bond acceptors (Lipinski definition) is 2. The van der Waals surface area contributed by atoms with Crippen molar-refractivity contribution in [3.05, 3.63) is 29.8 Å². The zero-order valence-corrected chi connectivity index (χ0v) is 15.3. The molecule has 1 rings (SSSR count). The Labute approximate surface area is 149 Å². The van der Waals surface area contributed by atoms with Crippen molar-refractivity contribution < 1.29 is 17.9 Å². The molecule has 0 saturated heterocycles. The van der Waals surface area contributed by atoms with Crippen LogP contribution in [0.15, 0.2) is 24.3 Å². The molecule has 0 aliphatic carbocycles. The standard InChI is InChI=1S/C20H32F3NO/c1-2-3-4-5-6-7-8-9-10-11-16-25-18-14-12-17(13-15-18)19(24)20(21,22)23/h12-15,19H,2-11,16,24H2,1H3/t19-/m1/s1. The topological polar surface area (TPSA) is 35.2 Å².